The van der Waals surface area contributed by atoms with E-state index in [2.05, 4.69) is 4.40 Å². The van der Waals surface area contributed by atoms with E-state index in [1.165, 1.54) is 30.0 Å². The molecule has 0 aliphatic rings. The predicted molar refractivity (Wildman–Crippen MR) is 145 cm³/mol. The van der Waals surface area contributed by atoms with Crippen LogP contribution in [0.25, 0.3) is 5.52 Å². The molecule has 10 heteroatoms. The van der Waals surface area contributed by atoms with Crippen molar-refractivity contribution in [2.75, 3.05) is 0 Å². The van der Waals surface area contributed by atoms with Crippen LogP contribution in [0, 0.1) is 22.9 Å². The number of benzene rings is 3. The summed E-state index contributed by atoms with van der Waals surface area (Å²) in [7, 11) is -4.21. The molecule has 0 unspecified atom stereocenters. The highest BCUT2D eigenvalue weighted by atomic mass is 32.2. The fourth-order valence-electron chi connectivity index (χ4n) is 4.14. The van der Waals surface area contributed by atoms with Gasteiger partial charge in [-0.05, 0) is 55.0 Å². The number of fused-ring (bicyclic) bond motifs is 1. The van der Waals surface area contributed by atoms with Crippen molar-refractivity contribution in [1.29, 1.82) is 0 Å². The third-order valence-corrected chi connectivity index (χ3v) is 8.47. The Hall–Kier alpha value is -4.28. The zero-order valence-electron chi connectivity index (χ0n) is 20.0. The van der Waals surface area contributed by atoms with E-state index in [0.717, 1.165) is 22.5 Å². The van der Waals surface area contributed by atoms with Gasteiger partial charge in [0.25, 0.3) is 15.7 Å². The smallest absolute Gasteiger partial charge is 0.283 e. The van der Waals surface area contributed by atoms with Crippen LogP contribution < -0.4 is 0 Å². The monoisotopic (exact) mass is 545 g/mol. The molecule has 0 saturated heterocycles. The van der Waals surface area contributed by atoms with E-state index < -0.39 is 20.8 Å². The standard InChI is InChI=1S/C28H20FN3O4S2/c1-19-27(26(20-9-3-2-4-10-20)30-38(35,36)22-16-14-21(29)15-17-22)31-18-8-7-12-24(31)28(19)37-25-13-6-5-11-23(25)32(33)34/h2-18H,1H3/b30-26-. The molecule has 2 heterocycles. The zero-order chi connectivity index (χ0) is 26.9. The first-order chi connectivity index (χ1) is 18.3. The molecule has 0 saturated carbocycles. The summed E-state index contributed by atoms with van der Waals surface area (Å²) < 4.78 is 46.3. The Kier molecular flexibility index (Phi) is 6.83. The number of hydrogen-bond acceptors (Lipinski definition) is 5. The fraction of sp³-hybridized carbons (Fsp3) is 0.0357. The van der Waals surface area contributed by atoms with Crippen LogP contribution in [0.3, 0.4) is 0 Å². The van der Waals surface area contributed by atoms with Gasteiger partial charge in [-0.3, -0.25) is 10.1 Å². The van der Waals surface area contributed by atoms with Crippen LogP contribution in [-0.4, -0.2) is 23.5 Å². The highest BCUT2D eigenvalue weighted by Crippen LogP contribution is 2.41. The van der Waals surface area contributed by atoms with Gasteiger partial charge in [-0.2, -0.15) is 12.8 Å². The number of pyridine rings is 1. The van der Waals surface area contributed by atoms with Crippen LogP contribution >= 0.6 is 11.8 Å². The second kappa shape index (κ2) is 10.2. The molecule has 5 aromatic rings. The molecule has 0 fully saturated rings. The molecule has 38 heavy (non-hydrogen) atoms. The highest BCUT2D eigenvalue weighted by molar-refractivity contribution is 7.99. The van der Waals surface area contributed by atoms with Gasteiger partial charge in [0.15, 0.2) is 0 Å². The Labute approximate surface area is 222 Å². The first-order valence-electron chi connectivity index (χ1n) is 11.4. The summed E-state index contributed by atoms with van der Waals surface area (Å²) in [5.74, 6) is -0.554. The molecule has 0 radical (unpaired) electrons. The van der Waals surface area contributed by atoms with Crippen molar-refractivity contribution in [3.8, 4) is 0 Å². The van der Waals surface area contributed by atoms with Crippen molar-refractivity contribution in [3.05, 3.63) is 136 Å². The number of aromatic nitrogens is 1. The Balaban J connectivity index is 1.76. The van der Waals surface area contributed by atoms with Crippen LogP contribution in [0.5, 0.6) is 0 Å². The van der Waals surface area contributed by atoms with Crippen LogP contribution in [-0.2, 0) is 10.0 Å². The first kappa shape index (κ1) is 25.4. The summed E-state index contributed by atoms with van der Waals surface area (Å²) in [4.78, 5) is 12.3. The number of halogens is 1. The Morgan fingerprint density at radius 1 is 0.921 bits per heavy atom. The summed E-state index contributed by atoms with van der Waals surface area (Å²) in [6.07, 6.45) is 1.80. The minimum Gasteiger partial charge on any atom is -0.314 e. The molecular weight excluding hydrogens is 525 g/mol. The number of rotatable bonds is 7. The average Bonchev–Trinajstić information content (AvgIpc) is 3.19. The van der Waals surface area contributed by atoms with Gasteiger partial charge in [0.2, 0.25) is 0 Å². The molecule has 7 nitrogen and oxygen atoms in total. The average molecular weight is 546 g/mol. The summed E-state index contributed by atoms with van der Waals surface area (Å²) in [5.41, 5.74) is 2.71. The quantitative estimate of drug-likeness (QED) is 0.129. The van der Waals surface area contributed by atoms with Crippen LogP contribution in [0.1, 0.15) is 16.8 Å². The molecule has 190 valence electrons. The molecule has 0 amide bonds. The SMILES string of the molecule is Cc1c(Sc2ccccc2[N+](=O)[O-])c2ccccn2c1/C(=N\S(=O)(=O)c1ccc(F)cc1)c1ccccc1. The number of nitrogens with zero attached hydrogens (tertiary/aromatic N) is 3. The summed E-state index contributed by atoms with van der Waals surface area (Å²) in [6, 6.07) is 25.4. The second-order valence-electron chi connectivity index (χ2n) is 8.32. The van der Waals surface area contributed by atoms with E-state index in [1.54, 1.807) is 48.7 Å². The van der Waals surface area contributed by atoms with Crippen molar-refractivity contribution in [2.24, 2.45) is 4.40 Å². The van der Waals surface area contributed by atoms with E-state index in [4.69, 9.17) is 0 Å². The summed E-state index contributed by atoms with van der Waals surface area (Å²) >= 11 is 1.24. The first-order valence-corrected chi connectivity index (χ1v) is 13.7. The molecule has 0 aliphatic heterocycles. The normalized spacial score (nSPS) is 12.1. The Morgan fingerprint density at radius 2 is 1.58 bits per heavy atom. The van der Waals surface area contributed by atoms with Crippen LogP contribution in [0.15, 0.2) is 122 Å². The van der Waals surface area contributed by atoms with E-state index in [1.807, 2.05) is 35.6 Å². The third-order valence-electron chi connectivity index (χ3n) is 5.90. The number of sulfonamides is 1. The molecule has 0 spiro atoms. The van der Waals surface area contributed by atoms with Crippen LogP contribution in [0.2, 0.25) is 0 Å². The lowest BCUT2D eigenvalue weighted by Gasteiger charge is -2.10. The Bertz CT molecular complexity index is 1800. The maximum Gasteiger partial charge on any atom is 0.283 e. The van der Waals surface area contributed by atoms with Crippen molar-refractivity contribution < 1.29 is 17.7 Å². The van der Waals surface area contributed by atoms with Gasteiger partial charge in [0.1, 0.15) is 11.5 Å². The van der Waals surface area contributed by atoms with Crippen molar-refractivity contribution in [2.45, 2.75) is 21.6 Å². The molecule has 0 aliphatic carbocycles. The van der Waals surface area contributed by atoms with Gasteiger partial charge in [0.05, 0.1) is 25.9 Å². The van der Waals surface area contributed by atoms with E-state index in [9.17, 15) is 22.9 Å². The largest absolute Gasteiger partial charge is 0.314 e. The van der Waals surface area contributed by atoms with Crippen molar-refractivity contribution in [1.82, 2.24) is 4.40 Å². The van der Waals surface area contributed by atoms with Crippen LogP contribution in [0.4, 0.5) is 10.1 Å². The molecular formula is C28H20FN3O4S2. The van der Waals surface area contributed by atoms with Crippen molar-refractivity contribution >= 4 is 38.7 Å². The maximum atomic E-state index is 13.5. The Morgan fingerprint density at radius 3 is 2.29 bits per heavy atom. The molecule has 0 N–H and O–H groups in total. The molecule has 0 bridgehead atoms. The number of nitro benzene ring substituents is 1. The number of nitro groups is 1. The lowest BCUT2D eigenvalue weighted by Crippen LogP contribution is -2.12. The van der Waals surface area contributed by atoms with Gasteiger partial charge in [0, 0.05) is 22.7 Å². The topological polar surface area (TPSA) is 94.0 Å². The van der Waals surface area contributed by atoms with Gasteiger partial charge >= 0.3 is 0 Å². The predicted octanol–water partition coefficient (Wildman–Crippen LogP) is 6.67. The van der Waals surface area contributed by atoms with Gasteiger partial charge in [-0.1, -0.05) is 60.3 Å². The van der Waals surface area contributed by atoms with E-state index in [0.29, 0.717) is 21.7 Å². The van der Waals surface area contributed by atoms with Gasteiger partial charge in [-0.15, -0.1) is 0 Å². The minimum atomic E-state index is -4.21. The van der Waals surface area contributed by atoms with Gasteiger partial charge in [-0.25, -0.2) is 4.39 Å². The minimum absolute atomic E-state index is 0.0235. The molecule has 0 atom stereocenters. The van der Waals surface area contributed by atoms with E-state index in [-0.39, 0.29) is 16.3 Å². The third kappa shape index (κ3) is 4.83. The number of hydrogen-bond donors (Lipinski definition) is 0. The highest BCUT2D eigenvalue weighted by Gasteiger charge is 2.25. The van der Waals surface area contributed by atoms with Gasteiger partial charge < -0.3 is 4.40 Å². The summed E-state index contributed by atoms with van der Waals surface area (Å²) in [5, 5.41) is 11.6. The lowest BCUT2D eigenvalue weighted by molar-refractivity contribution is -0.387. The maximum absolute atomic E-state index is 13.5. The fourth-order valence-corrected chi connectivity index (χ4v) is 6.29. The summed E-state index contributed by atoms with van der Waals surface area (Å²) in [6.45, 7) is 1.84. The van der Waals surface area contributed by atoms with E-state index >= 15 is 0 Å². The van der Waals surface area contributed by atoms with Crippen molar-refractivity contribution in [3.63, 3.8) is 0 Å². The lowest BCUT2D eigenvalue weighted by atomic mass is 10.1. The second-order valence-corrected chi connectivity index (χ2v) is 11.0. The molecule has 5 rings (SSSR count). The molecule has 3 aromatic carbocycles. The number of para-hydroxylation sites is 1. The molecule has 2 aromatic heterocycles. The zero-order valence-corrected chi connectivity index (χ0v) is 21.6.